The maximum atomic E-state index is 13.3. The average molecular weight is 479 g/mol. The highest BCUT2D eigenvalue weighted by atomic mass is 32.2. The number of sulfonamides is 1. The third-order valence-corrected chi connectivity index (χ3v) is 6.68. The van der Waals surface area contributed by atoms with Gasteiger partial charge in [0.05, 0.1) is 38.9 Å². The summed E-state index contributed by atoms with van der Waals surface area (Å²) in [6.45, 7) is 2.05. The fraction of sp³-hybridized carbons (Fsp3) is 0.364. The molecule has 0 saturated carbocycles. The van der Waals surface area contributed by atoms with Crippen molar-refractivity contribution in [2.75, 3.05) is 44.6 Å². The van der Waals surface area contributed by atoms with Crippen LogP contribution < -0.4 is 23.8 Å². The largest absolute Gasteiger partial charge is 0.493 e. The van der Waals surface area contributed by atoms with E-state index in [0.29, 0.717) is 18.7 Å². The first-order chi connectivity index (χ1) is 15.7. The van der Waals surface area contributed by atoms with Gasteiger partial charge in [0.1, 0.15) is 5.69 Å². The van der Waals surface area contributed by atoms with Gasteiger partial charge in [0.2, 0.25) is 11.7 Å². The van der Waals surface area contributed by atoms with E-state index in [0.717, 1.165) is 12.0 Å². The van der Waals surface area contributed by atoms with Crippen LogP contribution in [0.1, 0.15) is 29.3 Å². The predicted molar refractivity (Wildman–Crippen MR) is 121 cm³/mol. The molecule has 0 spiro atoms. The second-order valence-electron chi connectivity index (χ2n) is 7.23. The highest BCUT2D eigenvalue weighted by molar-refractivity contribution is 7.92. The molecule has 0 unspecified atom stereocenters. The van der Waals surface area contributed by atoms with Crippen molar-refractivity contribution >= 4 is 33.3 Å². The summed E-state index contributed by atoms with van der Waals surface area (Å²) in [5, 5.41) is 0. The molecule has 11 heteroatoms. The number of nitrogens with one attached hydrogen (secondary N) is 1. The van der Waals surface area contributed by atoms with Gasteiger partial charge in [-0.3, -0.25) is 9.52 Å². The Morgan fingerprint density at radius 1 is 1.00 bits per heavy atom. The van der Waals surface area contributed by atoms with Crippen LogP contribution in [0.15, 0.2) is 29.2 Å². The Hall–Kier alpha value is -3.47. The normalized spacial score (nSPS) is 13.1. The van der Waals surface area contributed by atoms with E-state index in [1.54, 1.807) is 11.0 Å². The SMILES string of the molecule is COC(=O)c1cc(OC)c(OC)c(OC)c1NS(=O)(=O)c1ccc2c(c1)CCCN2C(C)=O. The molecule has 1 heterocycles. The average Bonchev–Trinajstić information content (AvgIpc) is 2.81. The number of fused-ring (bicyclic) bond motifs is 1. The van der Waals surface area contributed by atoms with Crippen LogP contribution in [0.5, 0.6) is 17.2 Å². The number of nitrogens with zero attached hydrogens (tertiary/aromatic N) is 1. The Morgan fingerprint density at radius 3 is 2.27 bits per heavy atom. The zero-order valence-electron chi connectivity index (χ0n) is 19.1. The number of carbonyl (C=O) groups is 2. The molecule has 1 aliphatic heterocycles. The molecule has 33 heavy (non-hydrogen) atoms. The van der Waals surface area contributed by atoms with Crippen LogP contribution in [0.25, 0.3) is 0 Å². The minimum Gasteiger partial charge on any atom is -0.493 e. The fourth-order valence-electron chi connectivity index (χ4n) is 3.79. The highest BCUT2D eigenvalue weighted by Crippen LogP contribution is 2.46. The maximum Gasteiger partial charge on any atom is 0.340 e. The number of aryl methyl sites for hydroxylation is 1. The van der Waals surface area contributed by atoms with Crippen molar-refractivity contribution in [3.63, 3.8) is 0 Å². The number of amides is 1. The van der Waals surface area contributed by atoms with Gasteiger partial charge < -0.3 is 23.8 Å². The molecular formula is C22H26N2O8S. The number of carbonyl (C=O) groups excluding carboxylic acids is 2. The van der Waals surface area contributed by atoms with E-state index in [2.05, 4.69) is 4.72 Å². The van der Waals surface area contributed by atoms with Crippen molar-refractivity contribution in [3.05, 3.63) is 35.4 Å². The van der Waals surface area contributed by atoms with E-state index < -0.39 is 16.0 Å². The van der Waals surface area contributed by atoms with Gasteiger partial charge in [0.15, 0.2) is 11.5 Å². The van der Waals surface area contributed by atoms with Crippen molar-refractivity contribution in [3.8, 4) is 17.2 Å². The summed E-state index contributed by atoms with van der Waals surface area (Å²) in [6.07, 6.45) is 1.36. The van der Waals surface area contributed by atoms with Crippen LogP contribution in [-0.4, -0.2) is 55.3 Å². The molecule has 0 atom stereocenters. The molecule has 178 valence electrons. The van der Waals surface area contributed by atoms with Gasteiger partial charge in [-0.05, 0) is 36.6 Å². The monoisotopic (exact) mass is 478 g/mol. The van der Waals surface area contributed by atoms with E-state index in [9.17, 15) is 18.0 Å². The van der Waals surface area contributed by atoms with E-state index in [1.807, 2.05) is 0 Å². The Kier molecular flexibility index (Phi) is 7.01. The first-order valence-electron chi connectivity index (χ1n) is 10.0. The third kappa shape index (κ3) is 4.54. The summed E-state index contributed by atoms with van der Waals surface area (Å²) < 4.78 is 49.8. The number of hydrogen-bond donors (Lipinski definition) is 1. The molecule has 0 fully saturated rings. The Labute approximate surface area is 192 Å². The van der Waals surface area contributed by atoms with Crippen molar-refractivity contribution in [1.29, 1.82) is 0 Å². The van der Waals surface area contributed by atoms with E-state index in [4.69, 9.17) is 18.9 Å². The third-order valence-electron chi connectivity index (χ3n) is 5.33. The van der Waals surface area contributed by atoms with Gasteiger partial charge >= 0.3 is 5.97 Å². The molecule has 0 aliphatic carbocycles. The molecule has 3 rings (SSSR count). The molecule has 0 saturated heterocycles. The molecule has 0 bridgehead atoms. The minimum atomic E-state index is -4.16. The molecule has 2 aromatic carbocycles. The standard InChI is InChI=1S/C22H26N2O8S/c1-13(25)24-10-6-7-14-11-15(8-9-17(14)24)33(27,28)23-19-16(22(26)32-5)12-18(29-2)20(30-3)21(19)31-4/h8-9,11-12,23H,6-7,10H2,1-5H3. The van der Waals surface area contributed by atoms with Crippen molar-refractivity contribution in [2.24, 2.45) is 0 Å². The smallest absolute Gasteiger partial charge is 0.340 e. The Morgan fingerprint density at radius 2 is 1.70 bits per heavy atom. The first-order valence-corrected chi connectivity index (χ1v) is 11.5. The number of methoxy groups -OCH3 is 4. The van der Waals surface area contributed by atoms with Gasteiger partial charge in [-0.2, -0.15) is 0 Å². The molecule has 10 nitrogen and oxygen atoms in total. The van der Waals surface area contributed by atoms with Crippen LogP contribution >= 0.6 is 0 Å². The number of ether oxygens (including phenoxy) is 4. The summed E-state index contributed by atoms with van der Waals surface area (Å²) in [5.41, 5.74) is 1.17. The highest BCUT2D eigenvalue weighted by Gasteiger charge is 2.29. The summed E-state index contributed by atoms with van der Waals surface area (Å²) in [4.78, 5) is 25.9. The van der Waals surface area contributed by atoms with Gasteiger partial charge in [-0.15, -0.1) is 0 Å². The lowest BCUT2D eigenvalue weighted by molar-refractivity contribution is -0.116. The zero-order valence-corrected chi connectivity index (χ0v) is 19.9. The lowest BCUT2D eigenvalue weighted by atomic mass is 10.0. The number of anilines is 2. The second kappa shape index (κ2) is 9.57. The number of hydrogen-bond acceptors (Lipinski definition) is 8. The lowest BCUT2D eigenvalue weighted by Crippen LogP contribution is -2.33. The molecule has 1 amide bonds. The Balaban J connectivity index is 2.12. The predicted octanol–water partition coefficient (Wildman–Crippen LogP) is 2.60. The topological polar surface area (TPSA) is 120 Å². The summed E-state index contributed by atoms with van der Waals surface area (Å²) in [7, 11) is 1.06. The fourth-order valence-corrected chi connectivity index (χ4v) is 4.92. The summed E-state index contributed by atoms with van der Waals surface area (Å²) >= 11 is 0. The van der Waals surface area contributed by atoms with Gasteiger partial charge in [0.25, 0.3) is 10.0 Å². The van der Waals surface area contributed by atoms with Crippen LogP contribution in [0.3, 0.4) is 0 Å². The van der Waals surface area contributed by atoms with Crippen LogP contribution in [0, 0.1) is 0 Å². The zero-order chi connectivity index (χ0) is 24.3. The molecule has 0 aromatic heterocycles. The van der Waals surface area contributed by atoms with Crippen LogP contribution in [-0.2, 0) is 26.0 Å². The lowest BCUT2D eigenvalue weighted by Gasteiger charge is -2.29. The summed E-state index contributed by atoms with van der Waals surface area (Å²) in [6, 6.07) is 5.85. The van der Waals surface area contributed by atoms with E-state index >= 15 is 0 Å². The van der Waals surface area contributed by atoms with Crippen LogP contribution in [0.2, 0.25) is 0 Å². The molecule has 1 N–H and O–H groups in total. The molecule has 2 aromatic rings. The van der Waals surface area contributed by atoms with Gasteiger partial charge in [0, 0.05) is 25.2 Å². The minimum absolute atomic E-state index is 0.0284. The maximum absolute atomic E-state index is 13.3. The first kappa shape index (κ1) is 24.2. The molecular weight excluding hydrogens is 452 g/mol. The summed E-state index contributed by atoms with van der Waals surface area (Å²) in [5.74, 6) is -0.679. The Bertz CT molecular complexity index is 1190. The quantitative estimate of drug-likeness (QED) is 0.603. The van der Waals surface area contributed by atoms with E-state index in [1.165, 1.54) is 53.6 Å². The van der Waals surface area contributed by atoms with Crippen molar-refractivity contribution in [1.82, 2.24) is 0 Å². The second-order valence-corrected chi connectivity index (χ2v) is 8.91. The number of esters is 1. The van der Waals surface area contributed by atoms with Crippen molar-refractivity contribution in [2.45, 2.75) is 24.7 Å². The number of rotatable bonds is 7. The van der Waals surface area contributed by atoms with Gasteiger partial charge in [-0.25, -0.2) is 13.2 Å². The number of benzene rings is 2. The molecule has 0 radical (unpaired) electrons. The molecule has 1 aliphatic rings. The van der Waals surface area contributed by atoms with Crippen molar-refractivity contribution < 1.29 is 37.0 Å². The van der Waals surface area contributed by atoms with Crippen LogP contribution in [0.4, 0.5) is 11.4 Å². The van der Waals surface area contributed by atoms with Gasteiger partial charge in [-0.1, -0.05) is 0 Å². The van der Waals surface area contributed by atoms with E-state index in [-0.39, 0.29) is 39.3 Å².